The molecule has 1 N–H and O–H groups in total. The second-order valence-corrected chi connectivity index (χ2v) is 6.46. The number of anilines is 1. The zero-order valence-electron chi connectivity index (χ0n) is 15.8. The molecular formula is C21H25NO4. The fourth-order valence-electron chi connectivity index (χ4n) is 2.61. The number of benzene rings is 2. The minimum absolute atomic E-state index is 0.224. The Morgan fingerprint density at radius 3 is 2.23 bits per heavy atom. The predicted octanol–water partition coefficient (Wildman–Crippen LogP) is 4.31. The average molecular weight is 355 g/mol. The third-order valence-corrected chi connectivity index (χ3v) is 4.13. The van der Waals surface area contributed by atoms with E-state index in [4.69, 9.17) is 4.74 Å². The van der Waals surface area contributed by atoms with Gasteiger partial charge in [-0.2, -0.15) is 0 Å². The van der Waals surface area contributed by atoms with Crippen LogP contribution in [0.1, 0.15) is 48.2 Å². The van der Waals surface area contributed by atoms with Gasteiger partial charge in [-0.3, -0.25) is 4.79 Å². The molecule has 5 nitrogen and oxygen atoms in total. The number of esters is 1. The van der Waals surface area contributed by atoms with E-state index in [9.17, 15) is 9.59 Å². The number of hydrogen-bond donors (Lipinski definition) is 1. The van der Waals surface area contributed by atoms with Gasteiger partial charge >= 0.3 is 5.97 Å². The average Bonchev–Trinajstić information content (AvgIpc) is 2.62. The van der Waals surface area contributed by atoms with Crippen LogP contribution < -0.4 is 10.1 Å². The molecule has 0 aliphatic carbocycles. The molecule has 0 saturated carbocycles. The Balaban J connectivity index is 2.08. The van der Waals surface area contributed by atoms with Crippen LogP contribution in [-0.2, 0) is 9.53 Å². The van der Waals surface area contributed by atoms with Gasteiger partial charge in [-0.25, -0.2) is 4.79 Å². The van der Waals surface area contributed by atoms with Crippen LogP contribution in [0.2, 0.25) is 0 Å². The maximum Gasteiger partial charge on any atom is 0.337 e. The quantitative estimate of drug-likeness (QED) is 0.784. The highest BCUT2D eigenvalue weighted by Gasteiger charge is 2.18. The Labute approximate surface area is 154 Å². The van der Waals surface area contributed by atoms with Gasteiger partial charge in [-0.15, -0.1) is 0 Å². The molecule has 0 aliphatic heterocycles. The smallest absolute Gasteiger partial charge is 0.337 e. The van der Waals surface area contributed by atoms with Crippen LogP contribution in [0.5, 0.6) is 5.75 Å². The number of ether oxygens (including phenoxy) is 2. The molecule has 2 aromatic rings. The van der Waals surface area contributed by atoms with E-state index in [1.807, 2.05) is 25.1 Å². The second-order valence-electron chi connectivity index (χ2n) is 6.46. The highest BCUT2D eigenvalue weighted by atomic mass is 16.5. The molecule has 0 bridgehead atoms. The number of hydrogen-bond acceptors (Lipinski definition) is 4. The van der Waals surface area contributed by atoms with Gasteiger partial charge in [-0.1, -0.05) is 32.0 Å². The summed E-state index contributed by atoms with van der Waals surface area (Å²) in [6, 6.07) is 12.5. The van der Waals surface area contributed by atoms with Gasteiger partial charge < -0.3 is 14.8 Å². The van der Waals surface area contributed by atoms with E-state index in [-0.39, 0.29) is 5.91 Å². The molecule has 26 heavy (non-hydrogen) atoms. The number of aryl methyl sites for hydroxylation is 1. The standard InChI is InChI=1S/C21H25NO4/c1-13(2)18-8-6-7-14(3)19(18)22-20(23)15(4)26-17-11-9-16(10-12-17)21(24)25-5/h6-13,15H,1-5H3,(H,22,23)/t15-/m0/s1. The summed E-state index contributed by atoms with van der Waals surface area (Å²) >= 11 is 0. The fraction of sp³-hybridized carbons (Fsp3) is 0.333. The number of amides is 1. The molecule has 0 heterocycles. The Hall–Kier alpha value is -2.82. The predicted molar refractivity (Wildman–Crippen MR) is 102 cm³/mol. The first kappa shape index (κ1) is 19.5. The van der Waals surface area contributed by atoms with Crippen LogP contribution in [0.4, 0.5) is 5.69 Å². The molecule has 0 fully saturated rings. The highest BCUT2D eigenvalue weighted by molar-refractivity contribution is 5.95. The van der Waals surface area contributed by atoms with Gasteiger partial charge in [0.05, 0.1) is 12.7 Å². The summed E-state index contributed by atoms with van der Waals surface area (Å²) in [5.74, 6) is 0.169. The Morgan fingerprint density at radius 1 is 1.00 bits per heavy atom. The molecule has 2 rings (SSSR count). The molecule has 1 atom stereocenters. The van der Waals surface area contributed by atoms with Crippen molar-refractivity contribution in [1.82, 2.24) is 0 Å². The van der Waals surface area contributed by atoms with Crippen LogP contribution >= 0.6 is 0 Å². The van der Waals surface area contributed by atoms with Crippen LogP contribution in [0.25, 0.3) is 0 Å². The lowest BCUT2D eigenvalue weighted by Gasteiger charge is -2.19. The van der Waals surface area contributed by atoms with Crippen molar-refractivity contribution in [2.45, 2.75) is 39.7 Å². The molecular weight excluding hydrogens is 330 g/mol. The SMILES string of the molecule is COC(=O)c1ccc(O[C@@H](C)C(=O)Nc2c(C)cccc2C(C)C)cc1. The summed E-state index contributed by atoms with van der Waals surface area (Å²) in [4.78, 5) is 24.0. The topological polar surface area (TPSA) is 64.6 Å². The van der Waals surface area contributed by atoms with Crippen molar-refractivity contribution >= 4 is 17.6 Å². The zero-order valence-corrected chi connectivity index (χ0v) is 15.8. The number of para-hydroxylation sites is 1. The van der Waals surface area contributed by atoms with E-state index in [1.165, 1.54) is 7.11 Å². The van der Waals surface area contributed by atoms with Gasteiger partial charge in [0.15, 0.2) is 6.10 Å². The lowest BCUT2D eigenvalue weighted by Crippen LogP contribution is -2.30. The van der Waals surface area contributed by atoms with Gasteiger partial charge in [0.2, 0.25) is 0 Å². The Morgan fingerprint density at radius 2 is 1.65 bits per heavy atom. The van der Waals surface area contributed by atoms with E-state index in [0.717, 1.165) is 16.8 Å². The van der Waals surface area contributed by atoms with Crippen molar-refractivity contribution in [1.29, 1.82) is 0 Å². The van der Waals surface area contributed by atoms with E-state index < -0.39 is 12.1 Å². The van der Waals surface area contributed by atoms with Gasteiger partial charge in [0, 0.05) is 5.69 Å². The first-order valence-corrected chi connectivity index (χ1v) is 8.59. The summed E-state index contributed by atoms with van der Waals surface area (Å²) in [6.45, 7) is 7.84. The monoisotopic (exact) mass is 355 g/mol. The summed E-state index contributed by atoms with van der Waals surface area (Å²) in [5, 5.41) is 2.98. The summed E-state index contributed by atoms with van der Waals surface area (Å²) in [7, 11) is 1.33. The molecule has 2 aromatic carbocycles. The largest absolute Gasteiger partial charge is 0.481 e. The van der Waals surface area contributed by atoms with Crippen molar-refractivity contribution in [2.24, 2.45) is 0 Å². The third-order valence-electron chi connectivity index (χ3n) is 4.13. The lowest BCUT2D eigenvalue weighted by molar-refractivity contribution is -0.122. The van der Waals surface area contributed by atoms with Gasteiger partial charge in [0.25, 0.3) is 5.91 Å². The van der Waals surface area contributed by atoms with E-state index in [1.54, 1.807) is 31.2 Å². The van der Waals surface area contributed by atoms with Gasteiger partial charge in [0.1, 0.15) is 5.75 Å². The number of methoxy groups -OCH3 is 1. The van der Waals surface area contributed by atoms with E-state index in [2.05, 4.69) is 23.9 Å². The summed E-state index contributed by atoms with van der Waals surface area (Å²) < 4.78 is 10.4. The molecule has 0 saturated heterocycles. The lowest BCUT2D eigenvalue weighted by atomic mass is 9.98. The first-order chi connectivity index (χ1) is 12.3. The van der Waals surface area contributed by atoms with Crippen LogP contribution in [0, 0.1) is 6.92 Å². The van der Waals surface area contributed by atoms with Crippen molar-refractivity contribution < 1.29 is 19.1 Å². The minimum Gasteiger partial charge on any atom is -0.481 e. The molecule has 0 aliphatic rings. The number of carbonyl (C=O) groups is 2. The van der Waals surface area contributed by atoms with Crippen LogP contribution in [-0.4, -0.2) is 25.1 Å². The van der Waals surface area contributed by atoms with Gasteiger partial charge in [-0.05, 0) is 55.2 Å². The van der Waals surface area contributed by atoms with Crippen molar-refractivity contribution in [2.75, 3.05) is 12.4 Å². The molecule has 1 amide bonds. The molecule has 0 aromatic heterocycles. The van der Waals surface area contributed by atoms with E-state index >= 15 is 0 Å². The molecule has 0 unspecified atom stereocenters. The third kappa shape index (κ3) is 4.63. The van der Waals surface area contributed by atoms with Crippen molar-refractivity contribution in [3.05, 3.63) is 59.2 Å². The normalized spacial score (nSPS) is 11.8. The second kappa shape index (κ2) is 8.52. The van der Waals surface area contributed by atoms with Crippen LogP contribution in [0.15, 0.2) is 42.5 Å². The highest BCUT2D eigenvalue weighted by Crippen LogP contribution is 2.27. The Kier molecular flexibility index (Phi) is 6.39. The zero-order chi connectivity index (χ0) is 19.3. The number of rotatable bonds is 6. The van der Waals surface area contributed by atoms with Crippen LogP contribution in [0.3, 0.4) is 0 Å². The molecule has 5 heteroatoms. The molecule has 0 radical (unpaired) electrons. The molecule has 138 valence electrons. The maximum atomic E-state index is 12.6. The summed E-state index contributed by atoms with van der Waals surface area (Å²) in [6.07, 6.45) is -0.682. The molecule has 0 spiro atoms. The maximum absolute atomic E-state index is 12.6. The number of nitrogens with one attached hydrogen (secondary N) is 1. The number of carbonyl (C=O) groups excluding carboxylic acids is 2. The minimum atomic E-state index is -0.682. The van der Waals surface area contributed by atoms with Crippen molar-refractivity contribution in [3.63, 3.8) is 0 Å². The summed E-state index contributed by atoms with van der Waals surface area (Å²) in [5.41, 5.74) is 3.37. The van der Waals surface area contributed by atoms with Crippen molar-refractivity contribution in [3.8, 4) is 5.75 Å². The van der Waals surface area contributed by atoms with E-state index in [0.29, 0.717) is 17.2 Å². The first-order valence-electron chi connectivity index (χ1n) is 8.59. The Bertz CT molecular complexity index is 781. The fourth-order valence-corrected chi connectivity index (χ4v) is 2.61.